The van der Waals surface area contributed by atoms with E-state index in [4.69, 9.17) is 10.2 Å². The highest BCUT2D eigenvalue weighted by molar-refractivity contribution is 5.44. The van der Waals surface area contributed by atoms with Crippen LogP contribution in [-0.2, 0) is 0 Å². The molecule has 0 radical (unpaired) electrons. The molecule has 2 aromatic heterocycles. The molecule has 2 heterocycles. The molecule has 1 atom stereocenters. The van der Waals surface area contributed by atoms with E-state index >= 15 is 0 Å². The van der Waals surface area contributed by atoms with Crippen molar-refractivity contribution in [2.45, 2.75) is 19.4 Å². The number of nitrogens with zero attached hydrogens (tertiary/aromatic N) is 2. The first-order valence-electron chi connectivity index (χ1n) is 4.99. The van der Waals surface area contributed by atoms with Gasteiger partial charge in [-0.15, -0.1) is 10.2 Å². The van der Waals surface area contributed by atoms with Gasteiger partial charge in [0, 0.05) is 6.07 Å². The molecule has 0 saturated carbocycles. The van der Waals surface area contributed by atoms with Crippen molar-refractivity contribution >= 4 is 0 Å². The topological polar surface area (TPSA) is 97.8 Å². The molecule has 3 N–H and O–H groups in total. The zero-order chi connectivity index (χ0) is 11.5. The van der Waals surface area contributed by atoms with Crippen molar-refractivity contribution < 1.29 is 4.42 Å². The Morgan fingerprint density at radius 1 is 1.50 bits per heavy atom. The van der Waals surface area contributed by atoms with Crippen molar-refractivity contribution in [3.05, 3.63) is 34.4 Å². The van der Waals surface area contributed by atoms with Crippen LogP contribution >= 0.6 is 0 Å². The second kappa shape index (κ2) is 4.28. The van der Waals surface area contributed by atoms with Crippen LogP contribution in [0.15, 0.2) is 27.4 Å². The summed E-state index contributed by atoms with van der Waals surface area (Å²) in [6, 6.07) is 4.46. The van der Waals surface area contributed by atoms with Gasteiger partial charge in [0.05, 0.1) is 6.04 Å². The van der Waals surface area contributed by atoms with Gasteiger partial charge in [0.25, 0.3) is 5.89 Å². The highest BCUT2D eigenvalue weighted by atomic mass is 16.4. The maximum Gasteiger partial charge on any atom is 0.264 e. The molecule has 0 spiro atoms. The van der Waals surface area contributed by atoms with Gasteiger partial charge in [-0.2, -0.15) is 0 Å². The van der Waals surface area contributed by atoms with Crippen LogP contribution in [0.5, 0.6) is 0 Å². The molecule has 2 aromatic rings. The van der Waals surface area contributed by atoms with Crippen molar-refractivity contribution in [1.82, 2.24) is 15.2 Å². The average molecular weight is 220 g/mol. The summed E-state index contributed by atoms with van der Waals surface area (Å²) in [4.78, 5) is 13.7. The molecule has 0 aliphatic rings. The van der Waals surface area contributed by atoms with Gasteiger partial charge in [-0.3, -0.25) is 4.79 Å². The predicted molar refractivity (Wildman–Crippen MR) is 57.6 cm³/mol. The van der Waals surface area contributed by atoms with Gasteiger partial charge in [-0.1, -0.05) is 13.0 Å². The quantitative estimate of drug-likeness (QED) is 0.798. The number of aromatic amines is 1. The molecule has 0 amide bonds. The Bertz CT molecular complexity index is 531. The van der Waals surface area contributed by atoms with Crippen LogP contribution < -0.4 is 11.3 Å². The first-order valence-corrected chi connectivity index (χ1v) is 4.99. The number of hydrogen-bond acceptors (Lipinski definition) is 5. The van der Waals surface area contributed by atoms with E-state index in [0.29, 0.717) is 18.0 Å². The summed E-state index contributed by atoms with van der Waals surface area (Å²) in [5, 5.41) is 7.66. The Morgan fingerprint density at radius 3 is 3.00 bits per heavy atom. The van der Waals surface area contributed by atoms with Crippen LogP contribution in [-0.4, -0.2) is 15.2 Å². The summed E-state index contributed by atoms with van der Waals surface area (Å²) < 4.78 is 5.36. The number of aromatic nitrogens is 3. The second-order valence-electron chi connectivity index (χ2n) is 3.39. The molecule has 0 fully saturated rings. The number of H-pyrrole nitrogens is 1. The van der Waals surface area contributed by atoms with Crippen LogP contribution in [0.1, 0.15) is 25.3 Å². The van der Waals surface area contributed by atoms with Crippen LogP contribution in [0.25, 0.3) is 11.6 Å². The minimum atomic E-state index is -0.267. The largest absolute Gasteiger partial charge is 0.418 e. The lowest BCUT2D eigenvalue weighted by Crippen LogP contribution is -2.08. The SMILES string of the molecule is CCC(N)c1nnc(-c2cccc(=O)[nH]2)o1. The van der Waals surface area contributed by atoms with E-state index in [1.807, 2.05) is 6.92 Å². The molecule has 0 saturated heterocycles. The number of pyridine rings is 1. The third-order valence-electron chi connectivity index (χ3n) is 2.20. The maximum absolute atomic E-state index is 11.1. The van der Waals surface area contributed by atoms with Gasteiger partial charge in [0.15, 0.2) is 0 Å². The molecule has 6 heteroatoms. The summed E-state index contributed by atoms with van der Waals surface area (Å²) in [5.74, 6) is 0.652. The minimum Gasteiger partial charge on any atom is -0.418 e. The van der Waals surface area contributed by atoms with Crippen molar-refractivity contribution in [3.8, 4) is 11.6 Å². The van der Waals surface area contributed by atoms with Crippen molar-refractivity contribution in [3.63, 3.8) is 0 Å². The molecule has 0 aliphatic heterocycles. The molecule has 2 rings (SSSR count). The Hall–Kier alpha value is -1.95. The van der Waals surface area contributed by atoms with Crippen LogP contribution in [0.3, 0.4) is 0 Å². The zero-order valence-electron chi connectivity index (χ0n) is 8.80. The zero-order valence-corrected chi connectivity index (χ0v) is 8.80. The Kier molecular flexibility index (Phi) is 2.82. The van der Waals surface area contributed by atoms with E-state index in [0.717, 1.165) is 0 Å². The smallest absolute Gasteiger partial charge is 0.264 e. The Morgan fingerprint density at radius 2 is 2.31 bits per heavy atom. The molecule has 84 valence electrons. The summed E-state index contributed by atoms with van der Waals surface area (Å²) in [7, 11) is 0. The standard InChI is InChI=1S/C10H12N4O2/c1-2-6(11)9-13-14-10(16-9)7-4-3-5-8(15)12-7/h3-6H,2,11H2,1H3,(H,12,15). The van der Waals surface area contributed by atoms with E-state index in [2.05, 4.69) is 15.2 Å². The lowest BCUT2D eigenvalue weighted by molar-refractivity contribution is 0.451. The second-order valence-corrected chi connectivity index (χ2v) is 3.39. The monoisotopic (exact) mass is 220 g/mol. The summed E-state index contributed by atoms with van der Waals surface area (Å²) >= 11 is 0. The van der Waals surface area contributed by atoms with Crippen LogP contribution in [0.4, 0.5) is 0 Å². The maximum atomic E-state index is 11.1. The summed E-state index contributed by atoms with van der Waals surface area (Å²) in [6.07, 6.45) is 0.715. The van der Waals surface area contributed by atoms with Crippen LogP contribution in [0.2, 0.25) is 0 Å². The van der Waals surface area contributed by atoms with Crippen molar-refractivity contribution in [2.24, 2.45) is 5.73 Å². The number of nitrogens with one attached hydrogen (secondary N) is 1. The lowest BCUT2D eigenvalue weighted by atomic mass is 10.2. The molecule has 1 unspecified atom stereocenters. The Balaban J connectivity index is 2.35. The third kappa shape index (κ3) is 2.01. The van der Waals surface area contributed by atoms with Crippen molar-refractivity contribution in [1.29, 1.82) is 0 Å². The van der Waals surface area contributed by atoms with Gasteiger partial charge in [0.2, 0.25) is 11.4 Å². The highest BCUT2D eigenvalue weighted by Gasteiger charge is 2.13. The Labute approximate surface area is 91.5 Å². The average Bonchev–Trinajstić information content (AvgIpc) is 2.77. The fourth-order valence-electron chi connectivity index (χ4n) is 1.24. The number of rotatable bonds is 3. The molecule has 16 heavy (non-hydrogen) atoms. The molecular weight excluding hydrogens is 208 g/mol. The van der Waals surface area contributed by atoms with Gasteiger partial charge in [-0.25, -0.2) is 0 Å². The number of nitrogens with two attached hydrogens (primary N) is 1. The molecule has 0 aromatic carbocycles. The van der Waals surface area contributed by atoms with Gasteiger partial charge in [0.1, 0.15) is 5.69 Å². The van der Waals surface area contributed by atoms with Crippen molar-refractivity contribution in [2.75, 3.05) is 0 Å². The molecule has 6 nitrogen and oxygen atoms in total. The summed E-state index contributed by atoms with van der Waals surface area (Å²) in [5.41, 5.74) is 6.03. The summed E-state index contributed by atoms with van der Waals surface area (Å²) in [6.45, 7) is 1.93. The van der Waals surface area contributed by atoms with E-state index < -0.39 is 0 Å². The minimum absolute atomic E-state index is 0.211. The lowest BCUT2D eigenvalue weighted by Gasteiger charge is -2.00. The van der Waals surface area contributed by atoms with E-state index in [1.54, 1.807) is 12.1 Å². The molecule has 0 aliphatic carbocycles. The van der Waals surface area contributed by atoms with E-state index in [-0.39, 0.29) is 17.5 Å². The van der Waals surface area contributed by atoms with E-state index in [9.17, 15) is 4.79 Å². The number of hydrogen-bond donors (Lipinski definition) is 2. The molecule has 0 bridgehead atoms. The van der Waals surface area contributed by atoms with Crippen LogP contribution in [0, 0.1) is 0 Å². The van der Waals surface area contributed by atoms with Gasteiger partial charge < -0.3 is 15.1 Å². The van der Waals surface area contributed by atoms with Gasteiger partial charge >= 0.3 is 0 Å². The predicted octanol–water partition coefficient (Wildman–Crippen LogP) is 0.835. The fourth-order valence-corrected chi connectivity index (χ4v) is 1.24. The highest BCUT2D eigenvalue weighted by Crippen LogP contribution is 2.17. The third-order valence-corrected chi connectivity index (χ3v) is 2.20. The van der Waals surface area contributed by atoms with Gasteiger partial charge in [-0.05, 0) is 12.5 Å². The molecular formula is C10H12N4O2. The fraction of sp³-hybridized carbons (Fsp3) is 0.300. The first kappa shape index (κ1) is 10.6. The first-order chi connectivity index (χ1) is 7.70. The normalized spacial score (nSPS) is 12.6. The van der Waals surface area contributed by atoms with E-state index in [1.165, 1.54) is 6.07 Å².